The zero-order valence-corrected chi connectivity index (χ0v) is 8.10. The fourth-order valence-electron chi connectivity index (χ4n) is 1.69. The molecule has 0 bridgehead atoms. The molecular weight excluding hydrogens is 176 g/mol. The van der Waals surface area contributed by atoms with Gasteiger partial charge in [-0.3, -0.25) is 4.79 Å². The molecule has 0 aromatic rings. The van der Waals surface area contributed by atoms with Gasteiger partial charge >= 0.3 is 5.97 Å². The smallest absolute Gasteiger partial charge is 0.324 e. The van der Waals surface area contributed by atoms with Gasteiger partial charge in [-0.1, -0.05) is 19.8 Å². The maximum atomic E-state index is 10.8. The molecule has 0 aromatic carbocycles. The fourth-order valence-corrected chi connectivity index (χ4v) is 1.93. The number of hydrogen-bond donors (Lipinski definition) is 1. The lowest BCUT2D eigenvalue weighted by Crippen LogP contribution is -2.31. The summed E-state index contributed by atoms with van der Waals surface area (Å²) < 4.78 is 0. The highest BCUT2D eigenvalue weighted by Gasteiger charge is 2.37. The van der Waals surface area contributed by atoms with Crippen molar-refractivity contribution >= 4 is 17.6 Å². The summed E-state index contributed by atoms with van der Waals surface area (Å²) >= 11 is 5.98. The van der Waals surface area contributed by atoms with Crippen LogP contribution in [0, 0.1) is 5.92 Å². The van der Waals surface area contributed by atoms with Gasteiger partial charge in [-0.05, 0) is 25.2 Å². The molecule has 1 N–H and O–H groups in total. The average molecular weight is 191 g/mol. The SMILES string of the molecule is CC1CCCC(Cl)(C(=O)O)CC1. The first-order valence-electron chi connectivity index (χ1n) is 4.47. The van der Waals surface area contributed by atoms with Crippen molar-refractivity contribution in [3.05, 3.63) is 0 Å². The van der Waals surface area contributed by atoms with Gasteiger partial charge in [0.05, 0.1) is 0 Å². The molecule has 2 unspecified atom stereocenters. The monoisotopic (exact) mass is 190 g/mol. The third-order valence-electron chi connectivity index (χ3n) is 2.69. The number of carboxylic acid groups (broad SMARTS) is 1. The molecule has 0 saturated heterocycles. The Kier molecular flexibility index (Phi) is 2.99. The highest BCUT2D eigenvalue weighted by Crippen LogP contribution is 2.35. The van der Waals surface area contributed by atoms with Gasteiger partial charge in [0.2, 0.25) is 0 Å². The van der Waals surface area contributed by atoms with Crippen molar-refractivity contribution in [1.82, 2.24) is 0 Å². The van der Waals surface area contributed by atoms with Gasteiger partial charge in [-0.15, -0.1) is 11.6 Å². The van der Waals surface area contributed by atoms with Crippen LogP contribution in [-0.2, 0) is 4.79 Å². The Morgan fingerprint density at radius 3 is 2.75 bits per heavy atom. The minimum absolute atomic E-state index is 0.616. The molecule has 70 valence electrons. The van der Waals surface area contributed by atoms with E-state index < -0.39 is 10.8 Å². The quantitative estimate of drug-likeness (QED) is 0.510. The summed E-state index contributed by atoms with van der Waals surface area (Å²) in [6, 6.07) is 0. The van der Waals surface area contributed by atoms with Crippen LogP contribution in [0.25, 0.3) is 0 Å². The molecule has 2 nitrogen and oxygen atoms in total. The van der Waals surface area contributed by atoms with E-state index >= 15 is 0 Å². The van der Waals surface area contributed by atoms with Crippen molar-refractivity contribution in [2.45, 2.75) is 43.9 Å². The summed E-state index contributed by atoms with van der Waals surface area (Å²) in [5.74, 6) is -0.219. The molecule has 1 aliphatic carbocycles. The molecule has 1 fully saturated rings. The molecule has 3 heteroatoms. The van der Waals surface area contributed by atoms with E-state index in [0.29, 0.717) is 18.8 Å². The topological polar surface area (TPSA) is 37.3 Å². The molecule has 0 aromatic heterocycles. The van der Waals surface area contributed by atoms with Gasteiger partial charge in [0.15, 0.2) is 0 Å². The zero-order valence-electron chi connectivity index (χ0n) is 7.35. The standard InChI is InChI=1S/C9H15ClO2/c1-7-3-2-5-9(10,6-4-7)8(11)12/h7H,2-6H2,1H3,(H,11,12). The van der Waals surface area contributed by atoms with Crippen molar-refractivity contribution in [1.29, 1.82) is 0 Å². The van der Waals surface area contributed by atoms with Crippen molar-refractivity contribution in [3.63, 3.8) is 0 Å². The largest absolute Gasteiger partial charge is 0.480 e. The Balaban J connectivity index is 2.61. The molecule has 0 amide bonds. The van der Waals surface area contributed by atoms with Gasteiger partial charge in [0.25, 0.3) is 0 Å². The minimum Gasteiger partial charge on any atom is -0.480 e. The number of rotatable bonds is 1. The Morgan fingerprint density at radius 1 is 1.50 bits per heavy atom. The van der Waals surface area contributed by atoms with Crippen molar-refractivity contribution in [2.75, 3.05) is 0 Å². The van der Waals surface area contributed by atoms with Gasteiger partial charge in [0.1, 0.15) is 4.87 Å². The maximum absolute atomic E-state index is 10.8. The lowest BCUT2D eigenvalue weighted by Gasteiger charge is -2.19. The van der Waals surface area contributed by atoms with Crippen LogP contribution in [0.15, 0.2) is 0 Å². The number of carbonyl (C=O) groups is 1. The van der Waals surface area contributed by atoms with Gasteiger partial charge < -0.3 is 5.11 Å². The normalized spacial score (nSPS) is 37.3. The number of aliphatic carboxylic acids is 1. The second kappa shape index (κ2) is 3.65. The van der Waals surface area contributed by atoms with E-state index in [1.165, 1.54) is 0 Å². The molecule has 12 heavy (non-hydrogen) atoms. The molecular formula is C9H15ClO2. The van der Waals surface area contributed by atoms with Crippen LogP contribution in [0.2, 0.25) is 0 Å². The van der Waals surface area contributed by atoms with Gasteiger partial charge in [0, 0.05) is 0 Å². The zero-order chi connectivity index (χ0) is 9.19. The van der Waals surface area contributed by atoms with Crippen LogP contribution in [-0.4, -0.2) is 16.0 Å². The molecule has 0 radical (unpaired) electrons. The lowest BCUT2D eigenvalue weighted by atomic mass is 9.98. The first kappa shape index (κ1) is 9.85. The van der Waals surface area contributed by atoms with Gasteiger partial charge in [-0.25, -0.2) is 0 Å². The molecule has 0 heterocycles. The highest BCUT2D eigenvalue weighted by atomic mass is 35.5. The van der Waals surface area contributed by atoms with Crippen molar-refractivity contribution in [3.8, 4) is 0 Å². The van der Waals surface area contributed by atoms with Crippen LogP contribution in [0.5, 0.6) is 0 Å². The summed E-state index contributed by atoms with van der Waals surface area (Å²) in [7, 11) is 0. The Hall–Kier alpha value is -0.240. The summed E-state index contributed by atoms with van der Waals surface area (Å²) in [5, 5.41) is 8.88. The Morgan fingerprint density at radius 2 is 2.17 bits per heavy atom. The van der Waals surface area contributed by atoms with Crippen LogP contribution in [0.1, 0.15) is 39.0 Å². The second-order valence-corrected chi connectivity index (χ2v) is 4.53. The van der Waals surface area contributed by atoms with Crippen LogP contribution >= 0.6 is 11.6 Å². The molecule has 1 aliphatic rings. The lowest BCUT2D eigenvalue weighted by molar-refractivity contribution is -0.140. The maximum Gasteiger partial charge on any atom is 0.324 e. The summed E-state index contributed by atoms with van der Waals surface area (Å²) in [4.78, 5) is 9.84. The molecule has 0 aliphatic heterocycles. The summed E-state index contributed by atoms with van der Waals surface area (Å²) in [6.45, 7) is 2.16. The number of alkyl halides is 1. The summed E-state index contributed by atoms with van der Waals surface area (Å²) in [6.07, 6.45) is 4.23. The Bertz CT molecular complexity index is 181. The van der Waals surface area contributed by atoms with Crippen molar-refractivity contribution < 1.29 is 9.90 Å². The highest BCUT2D eigenvalue weighted by molar-refractivity contribution is 6.33. The number of halogens is 1. The summed E-state index contributed by atoms with van der Waals surface area (Å²) in [5.41, 5.74) is 0. The van der Waals surface area contributed by atoms with Crippen LogP contribution < -0.4 is 0 Å². The average Bonchev–Trinajstić information content (AvgIpc) is 2.15. The predicted octanol–water partition coefficient (Wildman–Crippen LogP) is 2.65. The van der Waals surface area contributed by atoms with E-state index in [4.69, 9.17) is 16.7 Å². The third kappa shape index (κ3) is 2.13. The number of carboxylic acids is 1. The van der Waals surface area contributed by atoms with Crippen LogP contribution in [0.4, 0.5) is 0 Å². The van der Waals surface area contributed by atoms with E-state index in [1.807, 2.05) is 0 Å². The van der Waals surface area contributed by atoms with E-state index in [1.54, 1.807) is 0 Å². The molecule has 2 atom stereocenters. The fraction of sp³-hybridized carbons (Fsp3) is 0.889. The van der Waals surface area contributed by atoms with Crippen molar-refractivity contribution in [2.24, 2.45) is 5.92 Å². The van der Waals surface area contributed by atoms with E-state index in [2.05, 4.69) is 6.92 Å². The second-order valence-electron chi connectivity index (χ2n) is 3.81. The number of hydrogen-bond acceptors (Lipinski definition) is 1. The molecule has 1 saturated carbocycles. The molecule has 0 spiro atoms. The minimum atomic E-state index is -0.967. The van der Waals surface area contributed by atoms with E-state index in [-0.39, 0.29) is 0 Å². The van der Waals surface area contributed by atoms with Gasteiger partial charge in [-0.2, -0.15) is 0 Å². The van der Waals surface area contributed by atoms with E-state index in [0.717, 1.165) is 19.3 Å². The first-order valence-corrected chi connectivity index (χ1v) is 4.85. The first-order chi connectivity index (χ1) is 5.54. The molecule has 1 rings (SSSR count). The predicted molar refractivity (Wildman–Crippen MR) is 48.5 cm³/mol. The Labute approximate surface area is 77.9 Å². The van der Waals surface area contributed by atoms with E-state index in [9.17, 15) is 4.79 Å². The third-order valence-corrected chi connectivity index (χ3v) is 3.23. The van der Waals surface area contributed by atoms with Crippen LogP contribution in [0.3, 0.4) is 0 Å².